The zero-order valence-electron chi connectivity index (χ0n) is 16.8. The average Bonchev–Trinajstić information content (AvgIpc) is 2.72. The Labute approximate surface area is 162 Å². The predicted molar refractivity (Wildman–Crippen MR) is 105 cm³/mol. The van der Waals surface area contributed by atoms with E-state index in [1.807, 2.05) is 18.0 Å². The molecule has 2 heterocycles. The van der Waals surface area contributed by atoms with Gasteiger partial charge in [0.2, 0.25) is 5.91 Å². The minimum absolute atomic E-state index is 0.199. The van der Waals surface area contributed by atoms with Gasteiger partial charge in [0.1, 0.15) is 5.82 Å². The van der Waals surface area contributed by atoms with Crippen LogP contribution in [0.5, 0.6) is 0 Å². The van der Waals surface area contributed by atoms with Crippen LogP contribution in [-0.4, -0.2) is 65.9 Å². The molecule has 1 aromatic carbocycles. The summed E-state index contributed by atoms with van der Waals surface area (Å²) in [5.41, 5.74) is 0.864. The molecule has 27 heavy (non-hydrogen) atoms. The molecule has 2 aliphatic heterocycles. The zero-order chi connectivity index (χ0) is 19.2. The highest BCUT2D eigenvalue weighted by atomic mass is 19.1. The van der Waals surface area contributed by atoms with E-state index in [1.165, 1.54) is 25.3 Å². The smallest absolute Gasteiger partial charge is 0.237 e. The van der Waals surface area contributed by atoms with Crippen molar-refractivity contribution in [2.75, 3.05) is 27.2 Å². The minimum Gasteiger partial charge on any atom is -0.334 e. The quantitative estimate of drug-likeness (QED) is 0.811. The number of likely N-dealkylation sites (tertiary alicyclic amines) is 2. The number of benzene rings is 1. The molecular formula is C22H32FN3O. The molecule has 1 aliphatic carbocycles. The maximum absolute atomic E-state index is 13.9. The first-order chi connectivity index (χ1) is 12.9. The lowest BCUT2D eigenvalue weighted by atomic mass is 9.71. The van der Waals surface area contributed by atoms with Gasteiger partial charge in [-0.3, -0.25) is 9.69 Å². The van der Waals surface area contributed by atoms with Gasteiger partial charge in [-0.15, -0.1) is 0 Å². The predicted octanol–water partition coefficient (Wildman–Crippen LogP) is 3.12. The third-order valence-electron chi connectivity index (χ3n) is 7.25. The first-order valence-corrected chi connectivity index (χ1v) is 10.3. The van der Waals surface area contributed by atoms with Crippen LogP contribution in [-0.2, 0) is 11.3 Å². The number of likely N-dealkylation sites (N-methyl/N-ethyl adjacent to an activating group) is 2. The Kier molecular flexibility index (Phi) is 5.02. The van der Waals surface area contributed by atoms with E-state index >= 15 is 0 Å². The molecule has 1 aromatic rings. The normalized spacial score (nSPS) is 33.4. The topological polar surface area (TPSA) is 26.8 Å². The van der Waals surface area contributed by atoms with E-state index in [4.69, 9.17) is 0 Å². The van der Waals surface area contributed by atoms with Crippen LogP contribution in [0.2, 0.25) is 0 Å². The summed E-state index contributed by atoms with van der Waals surface area (Å²) in [6.45, 7) is 4.21. The maximum Gasteiger partial charge on any atom is 0.237 e. The van der Waals surface area contributed by atoms with Crippen molar-refractivity contribution >= 4 is 5.91 Å². The van der Waals surface area contributed by atoms with E-state index in [0.717, 1.165) is 19.4 Å². The van der Waals surface area contributed by atoms with Gasteiger partial charge in [0.25, 0.3) is 0 Å². The molecule has 0 radical (unpaired) electrons. The maximum atomic E-state index is 13.9. The Bertz CT molecular complexity index is 711. The third-order valence-corrected chi connectivity index (χ3v) is 7.25. The summed E-state index contributed by atoms with van der Waals surface area (Å²) in [4.78, 5) is 20.0. The zero-order valence-corrected chi connectivity index (χ0v) is 16.8. The second-order valence-corrected chi connectivity index (χ2v) is 9.18. The first-order valence-electron chi connectivity index (χ1n) is 10.3. The minimum atomic E-state index is -0.199. The van der Waals surface area contributed by atoms with Crippen molar-refractivity contribution in [3.05, 3.63) is 35.6 Å². The van der Waals surface area contributed by atoms with E-state index in [1.54, 1.807) is 12.1 Å². The highest BCUT2D eigenvalue weighted by Crippen LogP contribution is 2.52. The van der Waals surface area contributed by atoms with Crippen LogP contribution in [0.1, 0.15) is 44.6 Å². The van der Waals surface area contributed by atoms with Crippen LogP contribution < -0.4 is 0 Å². The van der Waals surface area contributed by atoms with Crippen molar-refractivity contribution in [3.63, 3.8) is 0 Å². The molecule has 0 unspecified atom stereocenters. The molecular weight excluding hydrogens is 341 g/mol. The van der Waals surface area contributed by atoms with Crippen molar-refractivity contribution in [1.29, 1.82) is 0 Å². The van der Waals surface area contributed by atoms with Gasteiger partial charge in [-0.25, -0.2) is 4.39 Å². The van der Waals surface area contributed by atoms with Crippen LogP contribution in [0.25, 0.3) is 0 Å². The third kappa shape index (κ3) is 3.29. The Morgan fingerprint density at radius 2 is 1.96 bits per heavy atom. The summed E-state index contributed by atoms with van der Waals surface area (Å²) in [7, 11) is 4.14. The van der Waals surface area contributed by atoms with Crippen molar-refractivity contribution in [2.24, 2.45) is 5.41 Å². The Balaban J connectivity index is 1.49. The molecule has 5 heteroatoms. The number of nitrogens with zero attached hydrogens (tertiary/aromatic N) is 3. The van der Waals surface area contributed by atoms with Crippen molar-refractivity contribution in [2.45, 2.75) is 63.7 Å². The fourth-order valence-electron chi connectivity index (χ4n) is 6.15. The number of amides is 1. The lowest BCUT2D eigenvalue weighted by molar-refractivity contribution is -0.135. The molecule has 4 rings (SSSR count). The fraction of sp³-hybridized carbons (Fsp3) is 0.682. The molecule has 0 N–H and O–H groups in total. The summed E-state index contributed by atoms with van der Waals surface area (Å²) >= 11 is 0. The summed E-state index contributed by atoms with van der Waals surface area (Å²) < 4.78 is 13.9. The molecule has 1 amide bonds. The van der Waals surface area contributed by atoms with E-state index in [2.05, 4.69) is 23.8 Å². The van der Waals surface area contributed by atoms with Crippen LogP contribution in [0.15, 0.2) is 24.3 Å². The van der Waals surface area contributed by atoms with Gasteiger partial charge in [-0.2, -0.15) is 0 Å². The van der Waals surface area contributed by atoms with Crippen molar-refractivity contribution < 1.29 is 9.18 Å². The second-order valence-electron chi connectivity index (χ2n) is 9.18. The highest BCUT2D eigenvalue weighted by molar-refractivity contribution is 5.79. The Morgan fingerprint density at radius 3 is 2.70 bits per heavy atom. The van der Waals surface area contributed by atoms with E-state index in [-0.39, 0.29) is 17.1 Å². The van der Waals surface area contributed by atoms with Crippen molar-refractivity contribution in [3.8, 4) is 0 Å². The highest BCUT2D eigenvalue weighted by Gasteiger charge is 2.58. The molecule has 0 aromatic heterocycles. The first kappa shape index (κ1) is 18.9. The standard InChI is InChI=1S/C22H32FN3O/c1-22-12-17-14-25(3)19(22)10-6-7-11-20(22)26(17)21(27)15-24(2)13-16-8-4-5-9-18(16)23/h4-5,8-9,17,19-20H,6-7,10-15H2,1-3H3/t17-,19+,20-,22+/m0/s1. The number of piperidine rings is 1. The summed E-state index contributed by atoms with van der Waals surface area (Å²) in [5, 5.41) is 0. The SMILES string of the molecule is CN(CC(=O)N1[C@@H]2CN(C)[C@@H]3CCCC[C@H]1[C@]3(C)C2)Cc1ccccc1F. The molecule has 4 atom stereocenters. The van der Waals surface area contributed by atoms with Gasteiger partial charge >= 0.3 is 0 Å². The molecule has 148 valence electrons. The van der Waals surface area contributed by atoms with E-state index in [9.17, 15) is 9.18 Å². The summed E-state index contributed by atoms with van der Waals surface area (Å²) in [6, 6.07) is 8.11. The largest absolute Gasteiger partial charge is 0.334 e. The van der Waals surface area contributed by atoms with Gasteiger partial charge in [-0.1, -0.05) is 38.0 Å². The van der Waals surface area contributed by atoms with E-state index < -0.39 is 0 Å². The number of carbonyl (C=O) groups excluding carboxylic acids is 1. The fourth-order valence-corrected chi connectivity index (χ4v) is 6.15. The van der Waals surface area contributed by atoms with Gasteiger partial charge in [0.15, 0.2) is 0 Å². The Morgan fingerprint density at radius 1 is 1.26 bits per heavy atom. The average molecular weight is 374 g/mol. The molecule has 3 aliphatic rings. The number of carbonyl (C=O) groups is 1. The van der Waals surface area contributed by atoms with E-state index in [0.29, 0.717) is 36.8 Å². The number of hydrogen-bond donors (Lipinski definition) is 0. The lowest BCUT2D eigenvalue weighted by Crippen LogP contribution is -2.51. The molecule has 3 fully saturated rings. The summed E-state index contributed by atoms with van der Waals surface area (Å²) in [5.74, 6) is 0.0121. The molecule has 4 nitrogen and oxygen atoms in total. The molecule has 0 spiro atoms. The lowest BCUT2D eigenvalue weighted by Gasteiger charge is -2.44. The number of halogens is 1. The Hall–Kier alpha value is -1.46. The van der Waals surface area contributed by atoms with Gasteiger partial charge in [0.05, 0.1) is 6.54 Å². The van der Waals surface area contributed by atoms with Crippen LogP contribution in [0.3, 0.4) is 0 Å². The summed E-state index contributed by atoms with van der Waals surface area (Å²) in [6.07, 6.45) is 5.99. The monoisotopic (exact) mass is 373 g/mol. The van der Waals surface area contributed by atoms with Gasteiger partial charge in [0, 0.05) is 42.2 Å². The van der Waals surface area contributed by atoms with Gasteiger partial charge < -0.3 is 9.80 Å². The van der Waals surface area contributed by atoms with Crippen LogP contribution in [0, 0.1) is 11.2 Å². The molecule has 1 saturated carbocycles. The van der Waals surface area contributed by atoms with Crippen molar-refractivity contribution in [1.82, 2.24) is 14.7 Å². The van der Waals surface area contributed by atoms with Crippen LogP contribution >= 0.6 is 0 Å². The van der Waals surface area contributed by atoms with Gasteiger partial charge in [-0.05, 0) is 39.4 Å². The van der Waals surface area contributed by atoms with Crippen LogP contribution in [0.4, 0.5) is 4.39 Å². The molecule has 2 saturated heterocycles. The number of hydrogen-bond acceptors (Lipinski definition) is 3. The number of rotatable bonds is 4. The second kappa shape index (κ2) is 7.17. The molecule has 2 bridgehead atoms. The number of fused-ring (bicyclic) bond motifs is 1.